The van der Waals surface area contributed by atoms with Crippen LogP contribution in [0.25, 0.3) is 16.6 Å². The van der Waals surface area contributed by atoms with Crippen molar-refractivity contribution in [1.82, 2.24) is 9.47 Å². The predicted molar refractivity (Wildman–Crippen MR) is 148 cm³/mol. The number of piperidine rings is 1. The smallest absolute Gasteiger partial charge is 0.205 e. The van der Waals surface area contributed by atoms with Gasteiger partial charge in [0.2, 0.25) is 9.04 Å². The number of carbonyl (C=O) groups excluding carboxylic acids is 1. The Morgan fingerprint density at radius 2 is 1.71 bits per heavy atom. The van der Waals surface area contributed by atoms with Gasteiger partial charge in [0.05, 0.1) is 18.2 Å². The number of benzene rings is 2. The van der Waals surface area contributed by atoms with Gasteiger partial charge in [-0.25, -0.2) is 0 Å². The molecular weight excluding hydrogens is 472 g/mol. The van der Waals surface area contributed by atoms with Gasteiger partial charge in [-0.2, -0.15) is 0 Å². The maximum Gasteiger partial charge on any atom is 0.205 e. The van der Waals surface area contributed by atoms with Gasteiger partial charge in [0.25, 0.3) is 0 Å². The molecule has 0 saturated carbocycles. The number of carbonyl (C=O) groups is 1. The molecule has 6 heteroatoms. The SMILES string of the molecule is Cc1c(C(=O)CN2CCCCC2)c2ccc(C(O[Si](C)C)C(C)(C)C)cc2n1-c1ccc(Cl)cc1. The Labute approximate surface area is 216 Å². The third-order valence-electron chi connectivity index (χ3n) is 6.85. The van der Waals surface area contributed by atoms with E-state index in [-0.39, 0.29) is 17.3 Å². The minimum Gasteiger partial charge on any atom is -0.410 e. The highest BCUT2D eigenvalue weighted by molar-refractivity contribution is 6.48. The molecule has 1 fully saturated rings. The quantitative estimate of drug-likeness (QED) is 0.242. The molecule has 1 aliphatic rings. The third-order valence-corrected chi connectivity index (χ3v) is 7.81. The van der Waals surface area contributed by atoms with Crippen LogP contribution in [0, 0.1) is 12.3 Å². The number of Topliss-reactive ketones (excluding diaryl/α,β-unsaturated/α-hetero) is 1. The lowest BCUT2D eigenvalue weighted by atomic mass is 9.84. The molecule has 1 unspecified atom stereocenters. The van der Waals surface area contributed by atoms with Crippen molar-refractivity contribution in [3.63, 3.8) is 0 Å². The molecule has 1 saturated heterocycles. The predicted octanol–water partition coefficient (Wildman–Crippen LogP) is 7.62. The van der Waals surface area contributed by atoms with Crippen molar-refractivity contribution in [3.8, 4) is 5.69 Å². The van der Waals surface area contributed by atoms with Gasteiger partial charge < -0.3 is 8.99 Å². The standard InChI is InChI=1S/C29H38ClN2O2Si/c1-20-27(26(33)19-31-16-8-7-9-17-31)24-15-10-21(28(29(2,3)4)34-35(5)6)18-25(24)32(20)23-13-11-22(30)12-14-23/h10-15,18,28H,7-9,16-17,19H2,1-6H3. The number of ketones is 1. The molecule has 2 heterocycles. The zero-order chi connectivity index (χ0) is 25.3. The Morgan fingerprint density at radius 1 is 1.06 bits per heavy atom. The summed E-state index contributed by atoms with van der Waals surface area (Å²) in [5.41, 5.74) is 4.97. The van der Waals surface area contributed by atoms with Crippen molar-refractivity contribution in [1.29, 1.82) is 0 Å². The van der Waals surface area contributed by atoms with Crippen molar-refractivity contribution < 1.29 is 9.22 Å². The van der Waals surface area contributed by atoms with Gasteiger partial charge in [0.1, 0.15) is 0 Å². The van der Waals surface area contributed by atoms with Crippen LogP contribution in [0.3, 0.4) is 0 Å². The van der Waals surface area contributed by atoms with Crippen molar-refractivity contribution >= 4 is 37.3 Å². The Bertz CT molecular complexity index is 1190. The summed E-state index contributed by atoms with van der Waals surface area (Å²) in [6.45, 7) is 15.6. The maximum absolute atomic E-state index is 13.7. The van der Waals surface area contributed by atoms with Crippen molar-refractivity contribution in [2.75, 3.05) is 19.6 Å². The zero-order valence-corrected chi connectivity index (χ0v) is 23.7. The molecule has 35 heavy (non-hydrogen) atoms. The summed E-state index contributed by atoms with van der Waals surface area (Å²) in [4.78, 5) is 16.0. The van der Waals surface area contributed by atoms with Gasteiger partial charge >= 0.3 is 0 Å². The van der Waals surface area contributed by atoms with E-state index in [2.05, 4.69) is 68.5 Å². The number of hydrogen-bond acceptors (Lipinski definition) is 3. The van der Waals surface area contributed by atoms with Crippen LogP contribution in [0.4, 0.5) is 0 Å². The van der Waals surface area contributed by atoms with E-state index < -0.39 is 9.04 Å². The molecule has 3 aromatic rings. The highest BCUT2D eigenvalue weighted by atomic mass is 35.5. The second kappa shape index (κ2) is 10.6. The van der Waals surface area contributed by atoms with E-state index in [1.165, 1.54) is 19.3 Å². The van der Waals surface area contributed by atoms with Crippen LogP contribution in [0.1, 0.15) is 67.8 Å². The van der Waals surface area contributed by atoms with E-state index in [0.29, 0.717) is 11.6 Å². The lowest BCUT2D eigenvalue weighted by Crippen LogP contribution is -2.34. The largest absolute Gasteiger partial charge is 0.410 e. The van der Waals surface area contributed by atoms with Gasteiger partial charge in [0.15, 0.2) is 5.78 Å². The molecule has 4 nitrogen and oxygen atoms in total. The monoisotopic (exact) mass is 509 g/mol. The average Bonchev–Trinajstić information content (AvgIpc) is 3.09. The lowest BCUT2D eigenvalue weighted by molar-refractivity contribution is 0.0867. The average molecular weight is 510 g/mol. The van der Waals surface area contributed by atoms with E-state index in [1.54, 1.807) is 0 Å². The Hall–Kier alpha value is -1.92. The summed E-state index contributed by atoms with van der Waals surface area (Å²) in [6, 6.07) is 14.4. The second-order valence-corrected chi connectivity index (χ2v) is 13.6. The number of nitrogens with zero attached hydrogens (tertiary/aromatic N) is 2. The molecule has 1 atom stereocenters. The van der Waals surface area contributed by atoms with E-state index in [4.69, 9.17) is 16.0 Å². The van der Waals surface area contributed by atoms with Gasteiger partial charge in [-0.1, -0.05) is 50.9 Å². The normalized spacial score (nSPS) is 16.2. The number of aromatic nitrogens is 1. The zero-order valence-electron chi connectivity index (χ0n) is 22.0. The molecular formula is C29H38ClN2O2Si. The van der Waals surface area contributed by atoms with Crippen LogP contribution in [-0.4, -0.2) is 43.9 Å². The summed E-state index contributed by atoms with van der Waals surface area (Å²) in [5, 5.41) is 1.71. The number of halogens is 1. The van der Waals surface area contributed by atoms with Gasteiger partial charge in [-0.3, -0.25) is 9.69 Å². The molecule has 0 N–H and O–H groups in total. The first-order valence-electron chi connectivity index (χ1n) is 12.7. The molecule has 0 spiro atoms. The van der Waals surface area contributed by atoms with E-state index in [9.17, 15) is 4.79 Å². The van der Waals surface area contributed by atoms with E-state index in [1.807, 2.05) is 24.3 Å². The van der Waals surface area contributed by atoms with Crippen LogP contribution in [0.5, 0.6) is 0 Å². The van der Waals surface area contributed by atoms with Crippen LogP contribution >= 0.6 is 11.6 Å². The number of likely N-dealkylation sites (tertiary alicyclic amines) is 1. The fourth-order valence-electron chi connectivity index (χ4n) is 5.25. The molecule has 0 amide bonds. The number of hydrogen-bond donors (Lipinski definition) is 0. The summed E-state index contributed by atoms with van der Waals surface area (Å²) >= 11 is 6.20. The Morgan fingerprint density at radius 3 is 2.31 bits per heavy atom. The molecule has 1 radical (unpaired) electrons. The van der Waals surface area contributed by atoms with Crippen LogP contribution in [0.15, 0.2) is 42.5 Å². The van der Waals surface area contributed by atoms with Crippen LogP contribution < -0.4 is 0 Å². The Kier molecular flexibility index (Phi) is 7.91. The molecule has 187 valence electrons. The molecule has 4 rings (SSSR count). The maximum atomic E-state index is 13.7. The fourth-order valence-corrected chi connectivity index (χ4v) is 6.34. The molecule has 0 bridgehead atoms. The highest BCUT2D eigenvalue weighted by Gasteiger charge is 2.30. The number of fused-ring (bicyclic) bond motifs is 1. The highest BCUT2D eigenvalue weighted by Crippen LogP contribution is 2.39. The first-order valence-corrected chi connectivity index (χ1v) is 15.5. The molecule has 1 aliphatic heterocycles. The van der Waals surface area contributed by atoms with Crippen LogP contribution in [0.2, 0.25) is 18.1 Å². The van der Waals surface area contributed by atoms with E-state index in [0.717, 1.165) is 46.5 Å². The summed E-state index contributed by atoms with van der Waals surface area (Å²) in [7, 11) is -0.895. The minimum absolute atomic E-state index is 0.0165. The van der Waals surface area contributed by atoms with Gasteiger partial charge in [0, 0.05) is 27.4 Å². The minimum atomic E-state index is -0.895. The van der Waals surface area contributed by atoms with Gasteiger partial charge in [-0.15, -0.1) is 0 Å². The topological polar surface area (TPSA) is 34.5 Å². The third kappa shape index (κ3) is 5.74. The molecule has 1 aromatic heterocycles. The first kappa shape index (κ1) is 26.1. The van der Waals surface area contributed by atoms with Crippen molar-refractivity contribution in [2.45, 2.75) is 66.2 Å². The van der Waals surface area contributed by atoms with E-state index >= 15 is 0 Å². The second-order valence-electron chi connectivity index (χ2n) is 11.1. The van der Waals surface area contributed by atoms with Crippen LogP contribution in [-0.2, 0) is 4.43 Å². The molecule has 0 aliphatic carbocycles. The first-order chi connectivity index (χ1) is 16.6. The van der Waals surface area contributed by atoms with Gasteiger partial charge in [-0.05, 0) is 87.3 Å². The van der Waals surface area contributed by atoms with Crippen molar-refractivity contribution in [2.24, 2.45) is 5.41 Å². The number of rotatable bonds is 7. The fraction of sp³-hybridized carbons (Fsp3) is 0.483. The summed E-state index contributed by atoms with van der Waals surface area (Å²) in [5.74, 6) is 0.200. The van der Waals surface area contributed by atoms with Crippen molar-refractivity contribution in [3.05, 3.63) is 64.3 Å². The Balaban J connectivity index is 1.86. The lowest BCUT2D eigenvalue weighted by Gasteiger charge is -2.33. The molecule has 2 aromatic carbocycles. The summed E-state index contributed by atoms with van der Waals surface area (Å²) in [6.07, 6.45) is 3.60. The summed E-state index contributed by atoms with van der Waals surface area (Å²) < 4.78 is 8.71.